The van der Waals surface area contributed by atoms with E-state index < -0.39 is 0 Å². The summed E-state index contributed by atoms with van der Waals surface area (Å²) in [4.78, 5) is 0.885. The Hall–Kier alpha value is 1.21. The van der Waals surface area contributed by atoms with Crippen molar-refractivity contribution in [3.63, 3.8) is 0 Å². The van der Waals surface area contributed by atoms with Gasteiger partial charge in [0.05, 0.1) is 0 Å². The summed E-state index contributed by atoms with van der Waals surface area (Å²) in [5, 5.41) is 0. The summed E-state index contributed by atoms with van der Waals surface area (Å²) in [6.07, 6.45) is 4.57. The lowest BCUT2D eigenvalue weighted by molar-refractivity contribution is 0.336. The lowest BCUT2D eigenvalue weighted by atomic mass is 9.86. The van der Waals surface area contributed by atoms with E-state index in [0.717, 1.165) is 32.4 Å². The highest BCUT2D eigenvalue weighted by molar-refractivity contribution is 14.1. The van der Waals surface area contributed by atoms with E-state index >= 15 is 0 Å². The normalized spacial score (nSPS) is 66.0. The first-order chi connectivity index (χ1) is 5.27. The maximum atomic E-state index is 3.84. The summed E-state index contributed by atoms with van der Waals surface area (Å²) < 4.78 is 1.01. The van der Waals surface area contributed by atoms with Crippen molar-refractivity contribution in [1.82, 2.24) is 0 Å². The van der Waals surface area contributed by atoms with E-state index in [-0.39, 0.29) is 0 Å². The molecule has 0 heterocycles. The van der Waals surface area contributed by atoms with Gasteiger partial charge in [0, 0.05) is 8.75 Å². The summed E-state index contributed by atoms with van der Waals surface area (Å²) in [6.45, 7) is 0. The van der Waals surface area contributed by atoms with Gasteiger partial charge in [-0.05, 0) is 42.9 Å². The van der Waals surface area contributed by atoms with E-state index in [1.54, 1.807) is 6.42 Å². The van der Waals surface area contributed by atoms with Crippen molar-refractivity contribution in [2.24, 2.45) is 23.7 Å². The fraction of sp³-hybridized carbons (Fsp3) is 1.00. The minimum Gasteiger partial charge on any atom is -0.0887 e. The Labute approximate surface area is 89.8 Å². The van der Waals surface area contributed by atoms with Gasteiger partial charge in [-0.2, -0.15) is 0 Å². The molecule has 3 aliphatic carbocycles. The lowest BCUT2D eigenvalue weighted by Gasteiger charge is -2.27. The number of hydrogen-bond donors (Lipinski definition) is 0. The smallest absolute Gasteiger partial charge is 0.0182 e. The van der Waals surface area contributed by atoms with E-state index in [2.05, 4.69) is 38.5 Å². The maximum Gasteiger partial charge on any atom is 0.0182 e. The molecule has 0 nitrogen and oxygen atoms in total. The van der Waals surface area contributed by atoms with E-state index in [1.165, 1.54) is 12.8 Å². The Kier molecular flexibility index (Phi) is 1.64. The molecular weight excluding hydrogens is 315 g/mol. The standard InChI is InChI=1S/C9H12BrI/c10-7-2-4-1-6-8(11)3-5(4)9(6)7/h4-9H,1-3H2/t4-,5?,6?,7+,8-,9+/m1/s1. The average molecular weight is 327 g/mol. The minimum atomic E-state index is 0.885. The summed E-state index contributed by atoms with van der Waals surface area (Å²) in [5.74, 6) is 4.39. The molecule has 0 aliphatic heterocycles. The Morgan fingerprint density at radius 2 is 1.91 bits per heavy atom. The van der Waals surface area contributed by atoms with Crippen LogP contribution < -0.4 is 0 Å². The molecule has 0 spiro atoms. The summed E-state index contributed by atoms with van der Waals surface area (Å²) >= 11 is 6.51. The van der Waals surface area contributed by atoms with Crippen molar-refractivity contribution in [1.29, 1.82) is 0 Å². The Bertz CT molecular complexity index is 190. The molecule has 0 aromatic heterocycles. The topological polar surface area (TPSA) is 0 Å². The second kappa shape index (κ2) is 2.37. The Morgan fingerprint density at radius 3 is 2.55 bits per heavy atom. The number of rotatable bonds is 0. The average Bonchev–Trinajstić information content (AvgIpc) is 2.51. The molecule has 2 heteroatoms. The monoisotopic (exact) mass is 326 g/mol. The van der Waals surface area contributed by atoms with Crippen LogP contribution in [0, 0.1) is 23.7 Å². The molecule has 0 amide bonds. The van der Waals surface area contributed by atoms with Crippen LogP contribution in [0.5, 0.6) is 0 Å². The zero-order valence-electron chi connectivity index (χ0n) is 6.34. The fourth-order valence-corrected chi connectivity index (χ4v) is 6.36. The second-order valence-electron chi connectivity index (χ2n) is 4.40. The molecule has 3 aliphatic rings. The predicted molar refractivity (Wildman–Crippen MR) is 58.3 cm³/mol. The molecule has 6 atom stereocenters. The molecule has 3 fully saturated rings. The van der Waals surface area contributed by atoms with Crippen LogP contribution in [0.15, 0.2) is 0 Å². The maximum absolute atomic E-state index is 3.84. The van der Waals surface area contributed by atoms with Gasteiger partial charge in [0.1, 0.15) is 0 Å². The van der Waals surface area contributed by atoms with Crippen LogP contribution in [-0.4, -0.2) is 8.75 Å². The van der Waals surface area contributed by atoms with Gasteiger partial charge in [0.25, 0.3) is 0 Å². The van der Waals surface area contributed by atoms with E-state index in [1.807, 2.05) is 0 Å². The first-order valence-corrected chi connectivity index (χ1v) is 6.71. The molecule has 0 aromatic rings. The van der Waals surface area contributed by atoms with Crippen LogP contribution >= 0.6 is 38.5 Å². The quantitative estimate of drug-likeness (QED) is 0.473. The molecule has 2 unspecified atom stereocenters. The van der Waals surface area contributed by atoms with Crippen LogP contribution in [0.4, 0.5) is 0 Å². The third kappa shape index (κ3) is 0.862. The largest absolute Gasteiger partial charge is 0.0887 e. The fourth-order valence-electron chi connectivity index (χ4n) is 3.74. The molecule has 4 bridgehead atoms. The predicted octanol–water partition coefficient (Wildman–Crippen LogP) is 3.23. The molecule has 3 saturated carbocycles. The first kappa shape index (κ1) is 7.60. The summed E-state index contributed by atoms with van der Waals surface area (Å²) in [6, 6.07) is 0. The Morgan fingerprint density at radius 1 is 1.09 bits per heavy atom. The Balaban J connectivity index is 1.96. The molecule has 0 aromatic carbocycles. The van der Waals surface area contributed by atoms with Crippen LogP contribution in [0.25, 0.3) is 0 Å². The van der Waals surface area contributed by atoms with Crippen molar-refractivity contribution in [3.05, 3.63) is 0 Å². The highest BCUT2D eigenvalue weighted by atomic mass is 127. The van der Waals surface area contributed by atoms with Gasteiger partial charge in [-0.1, -0.05) is 38.5 Å². The van der Waals surface area contributed by atoms with Crippen LogP contribution in [0.3, 0.4) is 0 Å². The second-order valence-corrected chi connectivity index (χ2v) is 7.18. The third-order valence-electron chi connectivity index (χ3n) is 4.08. The highest BCUT2D eigenvalue weighted by Gasteiger charge is 2.59. The zero-order chi connectivity index (χ0) is 7.59. The molecular formula is C9H12BrI. The number of halogens is 2. The van der Waals surface area contributed by atoms with Crippen molar-refractivity contribution >= 4 is 38.5 Å². The van der Waals surface area contributed by atoms with Gasteiger partial charge in [0.15, 0.2) is 0 Å². The van der Waals surface area contributed by atoms with Crippen molar-refractivity contribution < 1.29 is 0 Å². The molecule has 0 N–H and O–H groups in total. The van der Waals surface area contributed by atoms with Gasteiger partial charge < -0.3 is 0 Å². The SMILES string of the molecule is Br[C@H]1C[C@H]2CC3[C@@H]1C2C[C@H]3I. The number of hydrogen-bond acceptors (Lipinski definition) is 0. The van der Waals surface area contributed by atoms with Crippen LogP contribution in [0.1, 0.15) is 19.3 Å². The molecule has 62 valence electrons. The highest BCUT2D eigenvalue weighted by Crippen LogP contribution is 2.64. The van der Waals surface area contributed by atoms with E-state index in [0.29, 0.717) is 0 Å². The van der Waals surface area contributed by atoms with Crippen molar-refractivity contribution in [2.45, 2.75) is 28.0 Å². The molecule has 3 rings (SSSR count). The third-order valence-corrected chi connectivity index (χ3v) is 6.49. The summed E-state index contributed by atoms with van der Waals surface area (Å²) in [7, 11) is 0. The molecule has 0 radical (unpaired) electrons. The van der Waals surface area contributed by atoms with E-state index in [4.69, 9.17) is 0 Å². The van der Waals surface area contributed by atoms with Gasteiger partial charge in [0.2, 0.25) is 0 Å². The van der Waals surface area contributed by atoms with Crippen molar-refractivity contribution in [3.8, 4) is 0 Å². The van der Waals surface area contributed by atoms with E-state index in [9.17, 15) is 0 Å². The minimum absolute atomic E-state index is 0.885. The lowest BCUT2D eigenvalue weighted by Crippen LogP contribution is -2.24. The zero-order valence-corrected chi connectivity index (χ0v) is 10.1. The van der Waals surface area contributed by atoms with Crippen LogP contribution in [0.2, 0.25) is 0 Å². The van der Waals surface area contributed by atoms with Crippen LogP contribution in [-0.2, 0) is 0 Å². The van der Waals surface area contributed by atoms with Crippen molar-refractivity contribution in [2.75, 3.05) is 0 Å². The molecule has 0 saturated heterocycles. The first-order valence-electron chi connectivity index (χ1n) is 4.55. The van der Waals surface area contributed by atoms with Gasteiger partial charge in [-0.3, -0.25) is 0 Å². The van der Waals surface area contributed by atoms with Gasteiger partial charge in [-0.15, -0.1) is 0 Å². The van der Waals surface area contributed by atoms with Gasteiger partial charge >= 0.3 is 0 Å². The molecule has 11 heavy (non-hydrogen) atoms. The summed E-state index contributed by atoms with van der Waals surface area (Å²) in [5.41, 5.74) is 0. The van der Waals surface area contributed by atoms with Gasteiger partial charge in [-0.25, -0.2) is 0 Å². The number of alkyl halides is 2.